The molecule has 0 unspecified atom stereocenters. The maximum atomic E-state index is 12.5. The summed E-state index contributed by atoms with van der Waals surface area (Å²) in [5, 5.41) is 7.44. The Balaban J connectivity index is 2.03. The minimum Gasteiger partial charge on any atom is -0.336 e. The number of benzene rings is 1. The molecule has 0 saturated heterocycles. The number of aryl methyl sites for hydroxylation is 3. The molecular weight excluding hydrogens is 266 g/mol. The number of nitrogens with zero attached hydrogens (tertiary/aromatic N) is 2. The molecule has 2 heterocycles. The molecule has 0 aliphatic rings. The number of anilines is 1. The van der Waals surface area contributed by atoms with Gasteiger partial charge in [-0.25, -0.2) is 4.98 Å². The van der Waals surface area contributed by atoms with E-state index in [1.165, 1.54) is 0 Å². The van der Waals surface area contributed by atoms with Gasteiger partial charge in [-0.15, -0.1) is 0 Å². The molecule has 0 saturated carbocycles. The van der Waals surface area contributed by atoms with Gasteiger partial charge in [0.25, 0.3) is 11.6 Å². The van der Waals surface area contributed by atoms with Crippen LogP contribution in [0.1, 0.15) is 27.3 Å². The van der Waals surface area contributed by atoms with Crippen molar-refractivity contribution in [2.75, 3.05) is 5.32 Å². The largest absolute Gasteiger partial charge is 0.336 e. The SMILES string of the molecule is Cc1cccc(NC(=O)c2cc(C)nc3onc(C)c23)c1. The molecule has 3 aromatic rings. The third kappa shape index (κ3) is 2.50. The van der Waals surface area contributed by atoms with E-state index in [0.717, 1.165) is 11.3 Å². The Morgan fingerprint density at radius 2 is 2.00 bits per heavy atom. The number of hydrogen-bond donors (Lipinski definition) is 1. The third-order valence-corrected chi connectivity index (χ3v) is 3.27. The number of fused-ring (bicyclic) bond motifs is 1. The predicted molar refractivity (Wildman–Crippen MR) is 80.4 cm³/mol. The summed E-state index contributed by atoms with van der Waals surface area (Å²) in [6.07, 6.45) is 0. The van der Waals surface area contributed by atoms with Gasteiger partial charge in [-0.3, -0.25) is 4.79 Å². The lowest BCUT2D eigenvalue weighted by molar-refractivity contribution is 0.102. The summed E-state index contributed by atoms with van der Waals surface area (Å²) in [4.78, 5) is 16.8. The van der Waals surface area contributed by atoms with Gasteiger partial charge in [-0.05, 0) is 44.5 Å². The van der Waals surface area contributed by atoms with Gasteiger partial charge >= 0.3 is 0 Å². The van der Waals surface area contributed by atoms with Crippen LogP contribution in [-0.4, -0.2) is 16.0 Å². The highest BCUT2D eigenvalue weighted by atomic mass is 16.5. The summed E-state index contributed by atoms with van der Waals surface area (Å²) in [5.74, 6) is -0.192. The van der Waals surface area contributed by atoms with E-state index in [9.17, 15) is 4.79 Å². The number of hydrogen-bond acceptors (Lipinski definition) is 4. The van der Waals surface area contributed by atoms with E-state index in [1.807, 2.05) is 38.1 Å². The van der Waals surface area contributed by atoms with Crippen molar-refractivity contribution in [1.82, 2.24) is 10.1 Å². The average Bonchev–Trinajstić information content (AvgIpc) is 2.79. The van der Waals surface area contributed by atoms with E-state index in [0.29, 0.717) is 28.1 Å². The number of amides is 1. The maximum Gasteiger partial charge on any atom is 0.258 e. The lowest BCUT2D eigenvalue weighted by Gasteiger charge is -2.07. The zero-order chi connectivity index (χ0) is 15.0. The van der Waals surface area contributed by atoms with Gasteiger partial charge in [0.05, 0.1) is 16.6 Å². The highest BCUT2D eigenvalue weighted by Crippen LogP contribution is 2.23. The Morgan fingerprint density at radius 1 is 1.19 bits per heavy atom. The molecule has 2 aromatic heterocycles. The van der Waals surface area contributed by atoms with Crippen molar-refractivity contribution in [2.24, 2.45) is 0 Å². The number of carbonyl (C=O) groups excluding carboxylic acids is 1. The van der Waals surface area contributed by atoms with Gasteiger partial charge in [0, 0.05) is 11.4 Å². The van der Waals surface area contributed by atoms with Crippen molar-refractivity contribution in [3.63, 3.8) is 0 Å². The fourth-order valence-electron chi connectivity index (χ4n) is 2.32. The van der Waals surface area contributed by atoms with Crippen LogP contribution in [0.3, 0.4) is 0 Å². The number of nitrogens with one attached hydrogen (secondary N) is 1. The lowest BCUT2D eigenvalue weighted by Crippen LogP contribution is -2.13. The summed E-state index contributed by atoms with van der Waals surface area (Å²) in [7, 11) is 0. The lowest BCUT2D eigenvalue weighted by atomic mass is 10.1. The van der Waals surface area contributed by atoms with Crippen LogP contribution in [0.5, 0.6) is 0 Å². The van der Waals surface area contributed by atoms with Gasteiger partial charge in [0.1, 0.15) is 0 Å². The van der Waals surface area contributed by atoms with Crippen LogP contribution < -0.4 is 5.32 Å². The molecule has 0 spiro atoms. The average molecular weight is 281 g/mol. The summed E-state index contributed by atoms with van der Waals surface area (Å²) >= 11 is 0. The minimum absolute atomic E-state index is 0.192. The first-order valence-corrected chi connectivity index (χ1v) is 6.66. The fourth-order valence-corrected chi connectivity index (χ4v) is 2.32. The van der Waals surface area contributed by atoms with Gasteiger partial charge < -0.3 is 9.84 Å². The van der Waals surface area contributed by atoms with Gasteiger partial charge in [0.15, 0.2) is 0 Å². The van der Waals surface area contributed by atoms with Crippen LogP contribution in [-0.2, 0) is 0 Å². The van der Waals surface area contributed by atoms with Gasteiger partial charge in [0.2, 0.25) is 0 Å². The van der Waals surface area contributed by atoms with Crippen LogP contribution in [0.4, 0.5) is 5.69 Å². The molecule has 1 N–H and O–H groups in total. The monoisotopic (exact) mass is 281 g/mol. The third-order valence-electron chi connectivity index (χ3n) is 3.27. The molecule has 21 heavy (non-hydrogen) atoms. The zero-order valence-electron chi connectivity index (χ0n) is 12.1. The van der Waals surface area contributed by atoms with Gasteiger partial charge in [-0.2, -0.15) is 0 Å². The summed E-state index contributed by atoms with van der Waals surface area (Å²) < 4.78 is 5.15. The van der Waals surface area contributed by atoms with Crippen molar-refractivity contribution in [3.8, 4) is 0 Å². The molecule has 0 radical (unpaired) electrons. The molecule has 0 bridgehead atoms. The summed E-state index contributed by atoms with van der Waals surface area (Å²) in [6, 6.07) is 9.41. The van der Waals surface area contributed by atoms with E-state index in [1.54, 1.807) is 13.0 Å². The highest BCUT2D eigenvalue weighted by molar-refractivity contribution is 6.12. The summed E-state index contributed by atoms with van der Waals surface area (Å²) in [5.41, 5.74) is 4.14. The standard InChI is InChI=1S/C16H15N3O2/c1-9-5-4-6-12(7-9)18-15(20)13-8-10(2)17-16-14(13)11(3)19-21-16/h4-8H,1-3H3,(H,18,20). The first kappa shape index (κ1) is 13.3. The minimum atomic E-state index is -0.192. The first-order chi connectivity index (χ1) is 10.0. The zero-order valence-corrected chi connectivity index (χ0v) is 12.1. The smallest absolute Gasteiger partial charge is 0.258 e. The molecule has 0 atom stereocenters. The molecule has 0 aliphatic carbocycles. The topological polar surface area (TPSA) is 68.0 Å². The van der Waals surface area contributed by atoms with Crippen LogP contribution in [0.25, 0.3) is 11.1 Å². The molecule has 5 nitrogen and oxygen atoms in total. The van der Waals surface area contributed by atoms with Crippen LogP contribution in [0.15, 0.2) is 34.9 Å². The number of rotatable bonds is 2. The van der Waals surface area contributed by atoms with E-state index >= 15 is 0 Å². The molecule has 106 valence electrons. The fraction of sp³-hybridized carbons (Fsp3) is 0.188. The Hall–Kier alpha value is -2.69. The van der Waals surface area contributed by atoms with Gasteiger partial charge in [-0.1, -0.05) is 17.3 Å². The Labute approximate surface area is 122 Å². The number of aromatic nitrogens is 2. The van der Waals surface area contributed by atoms with Crippen molar-refractivity contribution in [2.45, 2.75) is 20.8 Å². The molecule has 1 aromatic carbocycles. The second-order valence-electron chi connectivity index (χ2n) is 5.08. The second-order valence-corrected chi connectivity index (χ2v) is 5.08. The van der Waals surface area contributed by atoms with Crippen LogP contribution in [0.2, 0.25) is 0 Å². The number of pyridine rings is 1. The Bertz CT molecular complexity index is 837. The van der Waals surface area contributed by atoms with Crippen molar-refractivity contribution < 1.29 is 9.32 Å². The molecule has 3 rings (SSSR count). The maximum absolute atomic E-state index is 12.5. The van der Waals surface area contributed by atoms with E-state index < -0.39 is 0 Å². The number of carbonyl (C=O) groups is 1. The van der Waals surface area contributed by atoms with E-state index in [-0.39, 0.29) is 5.91 Å². The Morgan fingerprint density at radius 3 is 2.76 bits per heavy atom. The quantitative estimate of drug-likeness (QED) is 0.781. The first-order valence-electron chi connectivity index (χ1n) is 6.66. The van der Waals surface area contributed by atoms with E-state index in [2.05, 4.69) is 15.5 Å². The normalized spacial score (nSPS) is 10.8. The molecule has 0 fully saturated rings. The Kier molecular flexibility index (Phi) is 3.17. The van der Waals surface area contributed by atoms with Crippen LogP contribution in [0, 0.1) is 20.8 Å². The molecule has 5 heteroatoms. The van der Waals surface area contributed by atoms with Crippen molar-refractivity contribution in [1.29, 1.82) is 0 Å². The van der Waals surface area contributed by atoms with Crippen LogP contribution >= 0.6 is 0 Å². The molecule has 0 aliphatic heterocycles. The van der Waals surface area contributed by atoms with Crippen molar-refractivity contribution >= 4 is 22.7 Å². The molecule has 1 amide bonds. The molecular formula is C16H15N3O2. The second kappa shape index (κ2) is 5.01. The predicted octanol–water partition coefficient (Wildman–Crippen LogP) is 3.40. The highest BCUT2D eigenvalue weighted by Gasteiger charge is 2.17. The van der Waals surface area contributed by atoms with Crippen molar-refractivity contribution in [3.05, 3.63) is 52.8 Å². The summed E-state index contributed by atoms with van der Waals surface area (Å²) in [6.45, 7) is 5.60. The van der Waals surface area contributed by atoms with E-state index in [4.69, 9.17) is 4.52 Å².